The lowest BCUT2D eigenvalue weighted by Crippen LogP contribution is -2.34. The molecule has 0 N–H and O–H groups in total. The molecule has 0 saturated heterocycles. The lowest BCUT2D eigenvalue weighted by atomic mass is 9.91. The fourth-order valence-electron chi connectivity index (χ4n) is 5.46. The van der Waals surface area contributed by atoms with E-state index in [0.717, 1.165) is 56.9 Å². The van der Waals surface area contributed by atoms with Crippen LogP contribution in [0.2, 0.25) is 0 Å². The first-order valence-electron chi connectivity index (χ1n) is 12.8. The molecule has 38 heavy (non-hydrogen) atoms. The third-order valence-electron chi connectivity index (χ3n) is 7.54. The van der Waals surface area contributed by atoms with E-state index in [1.54, 1.807) is 0 Å². The summed E-state index contributed by atoms with van der Waals surface area (Å²) in [7, 11) is 0. The van der Waals surface area contributed by atoms with E-state index in [9.17, 15) is 0 Å². The average Bonchev–Trinajstić information content (AvgIpc) is 3.52. The summed E-state index contributed by atoms with van der Waals surface area (Å²) in [6.45, 7) is 11.0. The normalized spacial score (nSPS) is 13.7. The highest BCUT2D eigenvalue weighted by molar-refractivity contribution is 6.25. The van der Waals surface area contributed by atoms with Crippen LogP contribution in [0.1, 0.15) is 43.3 Å². The largest absolute Gasteiger partial charge is 0.328 e. The fourth-order valence-corrected chi connectivity index (χ4v) is 5.46. The van der Waals surface area contributed by atoms with Gasteiger partial charge in [-0.05, 0) is 67.8 Å². The van der Waals surface area contributed by atoms with Crippen LogP contribution in [-0.2, 0) is 5.54 Å². The van der Waals surface area contributed by atoms with Gasteiger partial charge in [0.2, 0.25) is 0 Å². The van der Waals surface area contributed by atoms with Crippen LogP contribution >= 0.6 is 0 Å². The highest BCUT2D eigenvalue weighted by Gasteiger charge is 2.36. The molecular weight excluding hydrogens is 466 g/mol. The third-order valence-corrected chi connectivity index (χ3v) is 7.54. The van der Waals surface area contributed by atoms with Crippen molar-refractivity contribution in [1.29, 1.82) is 0 Å². The summed E-state index contributed by atoms with van der Waals surface area (Å²) in [5.41, 5.74) is 10.9. The summed E-state index contributed by atoms with van der Waals surface area (Å²) in [6, 6.07) is 22.8. The Morgan fingerprint density at radius 1 is 0.868 bits per heavy atom. The number of hydrogen-bond donors (Lipinski definition) is 0. The highest BCUT2D eigenvalue weighted by atomic mass is 15.1. The van der Waals surface area contributed by atoms with E-state index < -0.39 is 5.54 Å². The van der Waals surface area contributed by atoms with Crippen LogP contribution < -0.4 is 0 Å². The quantitative estimate of drug-likeness (QED) is 0.250. The Bertz CT molecular complexity index is 1670. The van der Waals surface area contributed by atoms with Gasteiger partial charge in [-0.3, -0.25) is 19.9 Å². The van der Waals surface area contributed by atoms with Gasteiger partial charge in [-0.2, -0.15) is 0 Å². The van der Waals surface area contributed by atoms with Crippen molar-refractivity contribution in [3.63, 3.8) is 0 Å². The number of nitrogens with zero attached hydrogens (tertiary/aromatic N) is 5. The minimum Gasteiger partial charge on any atom is -0.328 e. The number of fused-ring (bicyclic) bond motifs is 1. The maximum atomic E-state index is 5.06. The molecule has 1 aliphatic rings. The summed E-state index contributed by atoms with van der Waals surface area (Å²) in [4.78, 5) is 19.4. The Hall–Kier alpha value is -4.64. The van der Waals surface area contributed by atoms with Gasteiger partial charge in [0.1, 0.15) is 5.54 Å². The summed E-state index contributed by atoms with van der Waals surface area (Å²) < 4.78 is 2.29. The second kappa shape index (κ2) is 9.34. The SMILES string of the molecule is C=Cc1ccc(-c2cn(C(C)(c3ccccn3)c3ccccn3)c3cc(C4=C(C)CN=C4C)cnc23)cc1. The molecule has 0 radical (unpaired) electrons. The molecule has 0 fully saturated rings. The molecule has 0 bridgehead atoms. The predicted molar refractivity (Wildman–Crippen MR) is 156 cm³/mol. The Labute approximate surface area is 223 Å². The molecule has 0 saturated carbocycles. The van der Waals surface area contributed by atoms with Crippen LogP contribution in [0.15, 0.2) is 109 Å². The minimum absolute atomic E-state index is 0.678. The van der Waals surface area contributed by atoms with E-state index in [0.29, 0.717) is 0 Å². The molecule has 4 aromatic heterocycles. The van der Waals surface area contributed by atoms with E-state index in [-0.39, 0.29) is 0 Å². The third kappa shape index (κ3) is 3.79. The van der Waals surface area contributed by atoms with Gasteiger partial charge in [0.05, 0.1) is 29.0 Å². The van der Waals surface area contributed by atoms with Crippen LogP contribution in [0.4, 0.5) is 0 Å². The monoisotopic (exact) mass is 495 g/mol. The number of benzene rings is 1. The van der Waals surface area contributed by atoms with Crippen LogP contribution in [0.5, 0.6) is 0 Å². The van der Waals surface area contributed by atoms with Gasteiger partial charge in [-0.1, -0.05) is 49.1 Å². The zero-order valence-electron chi connectivity index (χ0n) is 21.9. The van der Waals surface area contributed by atoms with E-state index in [1.807, 2.05) is 48.9 Å². The van der Waals surface area contributed by atoms with Gasteiger partial charge in [-0.15, -0.1) is 0 Å². The number of pyridine rings is 3. The second-order valence-electron chi connectivity index (χ2n) is 9.89. The summed E-state index contributed by atoms with van der Waals surface area (Å²) >= 11 is 0. The summed E-state index contributed by atoms with van der Waals surface area (Å²) in [5, 5.41) is 0. The van der Waals surface area contributed by atoms with Crippen LogP contribution in [-0.4, -0.2) is 31.8 Å². The van der Waals surface area contributed by atoms with Gasteiger partial charge in [0.25, 0.3) is 0 Å². The smallest absolute Gasteiger partial charge is 0.126 e. The van der Waals surface area contributed by atoms with Crippen LogP contribution in [0, 0.1) is 0 Å². The zero-order chi connectivity index (χ0) is 26.3. The Morgan fingerprint density at radius 2 is 1.55 bits per heavy atom. The van der Waals surface area contributed by atoms with Crippen molar-refractivity contribution in [1.82, 2.24) is 19.5 Å². The van der Waals surface area contributed by atoms with E-state index >= 15 is 0 Å². The van der Waals surface area contributed by atoms with E-state index in [2.05, 4.69) is 85.6 Å². The topological polar surface area (TPSA) is 56.0 Å². The lowest BCUT2D eigenvalue weighted by molar-refractivity contribution is 0.464. The summed E-state index contributed by atoms with van der Waals surface area (Å²) in [6.07, 6.45) is 9.72. The molecule has 5 heteroatoms. The van der Waals surface area contributed by atoms with Gasteiger partial charge in [0.15, 0.2) is 0 Å². The van der Waals surface area contributed by atoms with Crippen LogP contribution in [0.3, 0.4) is 0 Å². The number of aromatic nitrogens is 4. The standard InChI is InChI=1S/C33H29N5/c1-5-24-12-14-25(15-13-24)27-21-38(28-18-26(20-37-32(27)28)31-22(2)19-36-23(31)3)33(4,29-10-6-8-16-34-29)30-11-7-9-17-35-30/h5-18,20-21H,1,19H2,2-4H3. The molecule has 1 aromatic carbocycles. The molecule has 0 unspecified atom stereocenters. The van der Waals surface area contributed by atoms with Crippen molar-refractivity contribution in [2.24, 2.45) is 4.99 Å². The average molecular weight is 496 g/mol. The second-order valence-corrected chi connectivity index (χ2v) is 9.89. The highest BCUT2D eigenvalue weighted by Crippen LogP contribution is 2.40. The molecule has 5 heterocycles. The van der Waals surface area contributed by atoms with Crippen LogP contribution in [0.25, 0.3) is 33.8 Å². The van der Waals surface area contributed by atoms with E-state index in [1.165, 1.54) is 11.1 Å². The van der Waals surface area contributed by atoms with Crippen molar-refractivity contribution in [2.75, 3.05) is 6.54 Å². The number of allylic oxidation sites excluding steroid dienone is 1. The van der Waals surface area contributed by atoms with Crippen molar-refractivity contribution in [2.45, 2.75) is 26.3 Å². The fraction of sp³-hybridized carbons (Fsp3) is 0.152. The number of aliphatic imine (C=N–C) groups is 1. The number of hydrogen-bond acceptors (Lipinski definition) is 4. The van der Waals surface area contributed by atoms with E-state index in [4.69, 9.17) is 15.0 Å². The molecule has 5 nitrogen and oxygen atoms in total. The zero-order valence-corrected chi connectivity index (χ0v) is 21.9. The Balaban J connectivity index is 1.68. The molecule has 0 atom stereocenters. The maximum absolute atomic E-state index is 5.06. The maximum Gasteiger partial charge on any atom is 0.126 e. The van der Waals surface area contributed by atoms with Crippen molar-refractivity contribution in [3.8, 4) is 11.1 Å². The first kappa shape index (κ1) is 23.7. The molecule has 1 aliphatic heterocycles. The first-order chi connectivity index (χ1) is 18.5. The summed E-state index contributed by atoms with van der Waals surface area (Å²) in [5.74, 6) is 0. The Kier molecular flexibility index (Phi) is 5.84. The van der Waals surface area contributed by atoms with Crippen molar-refractivity contribution < 1.29 is 0 Å². The first-order valence-corrected chi connectivity index (χ1v) is 12.8. The van der Waals surface area contributed by atoms with Crippen molar-refractivity contribution >= 4 is 28.4 Å². The minimum atomic E-state index is -0.678. The van der Waals surface area contributed by atoms with Gasteiger partial charge in [0, 0.05) is 47.2 Å². The van der Waals surface area contributed by atoms with Gasteiger partial charge < -0.3 is 4.57 Å². The molecule has 6 rings (SSSR count). The Morgan fingerprint density at radius 3 is 2.11 bits per heavy atom. The molecule has 0 aliphatic carbocycles. The van der Waals surface area contributed by atoms with Gasteiger partial charge >= 0.3 is 0 Å². The molecular formula is C33H29N5. The molecule has 186 valence electrons. The molecule has 0 amide bonds. The molecule has 0 spiro atoms. The lowest BCUT2D eigenvalue weighted by Gasteiger charge is -2.31. The van der Waals surface area contributed by atoms with Crippen molar-refractivity contribution in [3.05, 3.63) is 126 Å². The predicted octanol–water partition coefficient (Wildman–Crippen LogP) is 7.20. The number of rotatable bonds is 6. The van der Waals surface area contributed by atoms with Gasteiger partial charge in [-0.25, -0.2) is 0 Å². The molecule has 5 aromatic rings.